The van der Waals surface area contributed by atoms with Gasteiger partial charge in [-0.05, 0) is 55.7 Å². The quantitative estimate of drug-likeness (QED) is 0.463. The number of aliphatic hydroxyl groups is 3. The van der Waals surface area contributed by atoms with Crippen molar-refractivity contribution in [2.75, 3.05) is 0 Å². The molecule has 0 heterocycles. The van der Waals surface area contributed by atoms with Gasteiger partial charge in [0.25, 0.3) is 0 Å². The molecule has 10 atom stereocenters. The molecule has 34 heavy (non-hydrogen) atoms. The number of aliphatic hydroxyl groups excluding tert-OH is 2. The van der Waals surface area contributed by atoms with Gasteiger partial charge in [0.2, 0.25) is 0 Å². The van der Waals surface area contributed by atoms with E-state index in [4.69, 9.17) is 16.7 Å². The van der Waals surface area contributed by atoms with Crippen molar-refractivity contribution in [1.82, 2.24) is 0 Å². The molecule has 4 aliphatic carbocycles. The number of alkyl halides is 2. The van der Waals surface area contributed by atoms with E-state index < -0.39 is 88.6 Å². The average molecular weight is 503 g/mol. The summed E-state index contributed by atoms with van der Waals surface area (Å²) >= 11 is 6.03. The van der Waals surface area contributed by atoms with Crippen molar-refractivity contribution >= 4 is 29.1 Å². The highest BCUT2D eigenvalue weighted by Gasteiger charge is 2.77. The van der Waals surface area contributed by atoms with Crippen molar-refractivity contribution in [3.05, 3.63) is 22.8 Å². The smallest absolute Gasteiger partial charge is 0.306 e. The predicted octanol–water partition coefficient (Wildman–Crippen LogP) is 2.25. The number of Topliss-reactive ketones (excluding diaryl/α,β-unsaturated/α-hetero) is 1. The van der Waals surface area contributed by atoms with Gasteiger partial charge in [0, 0.05) is 16.7 Å². The van der Waals surface area contributed by atoms with Crippen LogP contribution >= 0.6 is 11.6 Å². The van der Waals surface area contributed by atoms with Gasteiger partial charge in [-0.1, -0.05) is 25.4 Å². The Bertz CT molecular complexity index is 1030. The van der Waals surface area contributed by atoms with Crippen molar-refractivity contribution in [3.63, 3.8) is 0 Å². The van der Waals surface area contributed by atoms with Crippen LogP contribution in [0.4, 0.5) is 8.78 Å². The van der Waals surface area contributed by atoms with Crippen molar-refractivity contribution in [2.45, 2.75) is 76.1 Å². The molecule has 0 bridgehead atoms. The van der Waals surface area contributed by atoms with Crippen LogP contribution in [0.5, 0.6) is 0 Å². The molecule has 0 spiro atoms. The van der Waals surface area contributed by atoms with E-state index in [1.807, 2.05) is 0 Å². The molecular formula is C24H29ClF2O7. The van der Waals surface area contributed by atoms with E-state index in [9.17, 15) is 29.7 Å². The molecule has 0 aromatic rings. The van der Waals surface area contributed by atoms with Gasteiger partial charge in [-0.3, -0.25) is 14.4 Å². The second kappa shape index (κ2) is 7.66. The van der Waals surface area contributed by atoms with Gasteiger partial charge in [0.1, 0.15) is 17.9 Å². The Balaban J connectivity index is 1.82. The lowest BCUT2D eigenvalue weighted by Gasteiger charge is -2.63. The molecule has 0 radical (unpaired) electrons. The highest BCUT2D eigenvalue weighted by atomic mass is 35.5. The zero-order valence-electron chi connectivity index (χ0n) is 19.1. The number of ketones is 2. The summed E-state index contributed by atoms with van der Waals surface area (Å²) in [6, 6.07) is 0. The Morgan fingerprint density at radius 3 is 2.47 bits per heavy atom. The first-order valence-electron chi connectivity index (χ1n) is 11.4. The van der Waals surface area contributed by atoms with Crippen molar-refractivity contribution < 1.29 is 43.6 Å². The maximum absolute atomic E-state index is 17.2. The van der Waals surface area contributed by atoms with E-state index >= 15 is 8.78 Å². The average Bonchev–Trinajstić information content (AvgIpc) is 2.93. The first-order chi connectivity index (χ1) is 15.6. The summed E-state index contributed by atoms with van der Waals surface area (Å²) < 4.78 is 32.6. The van der Waals surface area contributed by atoms with Gasteiger partial charge < -0.3 is 20.4 Å². The lowest BCUT2D eigenvalue weighted by molar-refractivity contribution is -0.225. The third-order valence-corrected chi connectivity index (χ3v) is 9.61. The molecule has 0 aromatic carbocycles. The maximum atomic E-state index is 17.2. The van der Waals surface area contributed by atoms with Gasteiger partial charge in [0.05, 0.1) is 17.6 Å². The lowest BCUT2D eigenvalue weighted by atomic mass is 9.44. The summed E-state index contributed by atoms with van der Waals surface area (Å²) in [6.45, 7) is 4.44. The second-order valence-electron chi connectivity index (χ2n) is 10.9. The van der Waals surface area contributed by atoms with Crippen LogP contribution in [-0.4, -0.2) is 67.6 Å². The fraction of sp³-hybridized carbons (Fsp3) is 0.708. The summed E-state index contributed by atoms with van der Waals surface area (Å²) in [7, 11) is 0. The van der Waals surface area contributed by atoms with E-state index in [1.165, 1.54) is 13.8 Å². The van der Waals surface area contributed by atoms with Crippen LogP contribution in [0.3, 0.4) is 0 Å². The van der Waals surface area contributed by atoms with Gasteiger partial charge in [-0.25, -0.2) is 8.78 Å². The second-order valence-corrected chi connectivity index (χ2v) is 11.3. The van der Waals surface area contributed by atoms with E-state index in [1.54, 1.807) is 6.92 Å². The topological polar surface area (TPSA) is 132 Å². The third kappa shape index (κ3) is 2.93. The number of fused-ring (bicyclic) bond motifs is 5. The number of carbonyl (C=O) groups excluding carboxylic acids is 2. The first-order valence-corrected chi connectivity index (χ1v) is 11.8. The minimum absolute atomic E-state index is 0.0970. The molecule has 1 unspecified atom stereocenters. The van der Waals surface area contributed by atoms with Gasteiger partial charge in [-0.15, -0.1) is 0 Å². The Kier molecular flexibility index (Phi) is 5.72. The number of carboxylic acids is 1. The largest absolute Gasteiger partial charge is 0.481 e. The first kappa shape index (κ1) is 25.4. The highest BCUT2D eigenvalue weighted by Crippen LogP contribution is 2.71. The molecule has 0 aliphatic heterocycles. The molecule has 188 valence electrons. The standard InChI is InChI=1S/C24H29ClF2O7/c1-10-4-11-12-5-15(26)13-6-16(28)14(25)8-21(13,2)23(12,27)18(30)9-22(11,3)24(10,34)20(33)17(29)7-19(31)32/h6,8,10-12,15,17-18,29-30,34H,4-5,7,9H2,1-3H3,(H,31,32)/t10-,11-,12-,15+,17?,18-,21-,22-,23-,24-/m0/s1. The van der Waals surface area contributed by atoms with Crippen LogP contribution in [0.25, 0.3) is 0 Å². The Morgan fingerprint density at radius 2 is 1.88 bits per heavy atom. The van der Waals surface area contributed by atoms with Gasteiger partial charge in [-0.2, -0.15) is 0 Å². The molecule has 4 rings (SSSR count). The summed E-state index contributed by atoms with van der Waals surface area (Å²) in [5.41, 5.74) is -7.98. The lowest BCUT2D eigenvalue weighted by Crippen LogP contribution is -2.71. The van der Waals surface area contributed by atoms with Crippen molar-refractivity contribution in [3.8, 4) is 0 Å². The summed E-state index contributed by atoms with van der Waals surface area (Å²) in [5, 5.41) is 41.9. The summed E-state index contributed by atoms with van der Waals surface area (Å²) in [5.74, 6) is -5.91. The normalized spacial score (nSPS) is 48.7. The zero-order valence-corrected chi connectivity index (χ0v) is 19.9. The number of carbonyl (C=O) groups is 3. The fourth-order valence-electron chi connectivity index (χ4n) is 7.63. The predicted molar refractivity (Wildman–Crippen MR) is 116 cm³/mol. The minimum atomic E-state index is -2.44. The molecule has 4 aliphatic rings. The van der Waals surface area contributed by atoms with Crippen LogP contribution in [0.1, 0.15) is 46.5 Å². The SMILES string of the molecule is C[C@H]1C[C@H]2[C@@H]3C[C@@H](F)C4=CC(=O)C(Cl)=C[C@]4(C)[C@@]3(F)[C@@H](O)C[C@]2(C)[C@@]1(O)C(=O)C(O)CC(=O)O. The number of carboxylic acid groups (broad SMARTS) is 1. The van der Waals surface area contributed by atoms with Crippen molar-refractivity contribution in [2.24, 2.45) is 28.6 Å². The number of hydrogen-bond acceptors (Lipinski definition) is 6. The van der Waals surface area contributed by atoms with E-state index in [2.05, 4.69) is 0 Å². The fourth-order valence-corrected chi connectivity index (χ4v) is 7.90. The molecule has 10 heteroatoms. The monoisotopic (exact) mass is 502 g/mol. The summed E-state index contributed by atoms with van der Waals surface area (Å²) in [4.78, 5) is 36.3. The molecule has 3 saturated carbocycles. The highest BCUT2D eigenvalue weighted by molar-refractivity contribution is 6.44. The Labute approximate surface area is 200 Å². The number of allylic oxidation sites excluding steroid dienone is 4. The van der Waals surface area contributed by atoms with Crippen LogP contribution < -0.4 is 0 Å². The molecule has 0 aromatic heterocycles. The van der Waals surface area contributed by atoms with Crippen molar-refractivity contribution in [1.29, 1.82) is 0 Å². The van der Waals surface area contributed by atoms with E-state index in [-0.39, 0.29) is 23.4 Å². The Morgan fingerprint density at radius 1 is 1.26 bits per heavy atom. The molecule has 7 nitrogen and oxygen atoms in total. The summed E-state index contributed by atoms with van der Waals surface area (Å²) in [6.07, 6.45) is -4.91. The molecule has 0 amide bonds. The number of hydrogen-bond donors (Lipinski definition) is 4. The molecule has 3 fully saturated rings. The number of rotatable bonds is 4. The van der Waals surface area contributed by atoms with Crippen LogP contribution in [0.15, 0.2) is 22.8 Å². The van der Waals surface area contributed by atoms with E-state index in [0.29, 0.717) is 0 Å². The molecule has 4 N–H and O–H groups in total. The maximum Gasteiger partial charge on any atom is 0.306 e. The molecule has 0 saturated heterocycles. The number of aliphatic carboxylic acids is 1. The van der Waals surface area contributed by atoms with Crippen LogP contribution in [-0.2, 0) is 14.4 Å². The van der Waals surface area contributed by atoms with Gasteiger partial charge >= 0.3 is 5.97 Å². The molecular weight excluding hydrogens is 474 g/mol. The van der Waals surface area contributed by atoms with Crippen LogP contribution in [0, 0.1) is 28.6 Å². The van der Waals surface area contributed by atoms with Gasteiger partial charge in [0.15, 0.2) is 17.2 Å². The van der Waals surface area contributed by atoms with Crippen LogP contribution in [0.2, 0.25) is 0 Å². The zero-order chi connectivity index (χ0) is 25.6. The number of halogens is 3. The van der Waals surface area contributed by atoms with E-state index in [0.717, 1.165) is 12.2 Å². The minimum Gasteiger partial charge on any atom is -0.481 e. The third-order valence-electron chi connectivity index (χ3n) is 9.32. The Hall–Kier alpha value is -1.68.